The van der Waals surface area contributed by atoms with E-state index >= 15 is 0 Å². The first-order valence-corrected chi connectivity index (χ1v) is 16.3. The Labute approximate surface area is 239 Å². The predicted molar refractivity (Wildman–Crippen MR) is 169 cm³/mol. The lowest BCUT2D eigenvalue weighted by Gasteiger charge is -2.49. The summed E-state index contributed by atoms with van der Waals surface area (Å²) in [5.41, 5.74) is 20.9. The van der Waals surface area contributed by atoms with E-state index in [4.69, 9.17) is 17.2 Å². The standard InChI is InChI=1S/C36H57N3/c1-2-11-31(26-38)27-15-17-28(18-16-27)32-23-24-33(35-13-9-8-12-34(32)35)29-19-21-30(22-20-29)36(39)14-7-5-3-4-6-10-25-37/h2,5,7-8,11-12,15,17,21,26-29,32-36H,3-4,6,9-10,13-14,16,18-20,22-25,37-39H2,1H3/b7-5+,11-2-,31-26+/t27?,28?,29?,32?,33?,34?,35?,36-/m0/s1. The zero-order valence-corrected chi connectivity index (χ0v) is 24.7. The molecule has 0 amide bonds. The molecule has 216 valence electrons. The fourth-order valence-corrected chi connectivity index (χ4v) is 8.38. The van der Waals surface area contributed by atoms with Gasteiger partial charge in [0.25, 0.3) is 0 Å². The summed E-state index contributed by atoms with van der Waals surface area (Å²) >= 11 is 0. The quantitative estimate of drug-likeness (QED) is 0.135. The number of hydrogen-bond donors (Lipinski definition) is 3. The van der Waals surface area contributed by atoms with Crippen molar-refractivity contribution in [3.8, 4) is 0 Å². The Balaban J connectivity index is 1.30. The molecule has 4 aliphatic carbocycles. The van der Waals surface area contributed by atoms with Crippen LogP contribution in [-0.4, -0.2) is 12.6 Å². The number of allylic oxidation sites excluding steroid dienone is 9. The molecule has 0 aromatic carbocycles. The maximum absolute atomic E-state index is 6.63. The lowest BCUT2D eigenvalue weighted by molar-refractivity contribution is 0.0422. The number of hydrogen-bond acceptors (Lipinski definition) is 3. The molecule has 0 bridgehead atoms. The van der Waals surface area contributed by atoms with Crippen molar-refractivity contribution in [2.45, 2.75) is 103 Å². The zero-order chi connectivity index (χ0) is 27.5. The molecule has 1 saturated carbocycles. The number of fused-ring (bicyclic) bond motifs is 1. The van der Waals surface area contributed by atoms with Crippen LogP contribution in [0.4, 0.5) is 0 Å². The Bertz CT molecular complexity index is 922. The lowest BCUT2D eigenvalue weighted by Crippen LogP contribution is -2.41. The van der Waals surface area contributed by atoms with E-state index in [1.807, 2.05) is 0 Å². The normalized spacial score (nSPS) is 34.4. The van der Waals surface area contributed by atoms with E-state index in [0.29, 0.717) is 5.92 Å². The first-order valence-electron chi connectivity index (χ1n) is 16.3. The van der Waals surface area contributed by atoms with Gasteiger partial charge in [0, 0.05) is 12.0 Å². The Kier molecular flexibility index (Phi) is 12.2. The van der Waals surface area contributed by atoms with Crippen LogP contribution < -0.4 is 17.2 Å². The highest BCUT2D eigenvalue weighted by Gasteiger charge is 2.44. The van der Waals surface area contributed by atoms with Crippen LogP contribution in [-0.2, 0) is 0 Å². The molecule has 3 nitrogen and oxygen atoms in total. The van der Waals surface area contributed by atoms with Crippen molar-refractivity contribution in [2.75, 3.05) is 6.54 Å². The van der Waals surface area contributed by atoms with Crippen LogP contribution in [0.3, 0.4) is 0 Å². The first kappa shape index (κ1) is 30.1. The summed E-state index contributed by atoms with van der Waals surface area (Å²) < 4.78 is 0. The van der Waals surface area contributed by atoms with Gasteiger partial charge in [-0.25, -0.2) is 0 Å². The van der Waals surface area contributed by atoms with Crippen molar-refractivity contribution >= 4 is 0 Å². The fraction of sp³-hybridized carbons (Fsp3) is 0.667. The maximum atomic E-state index is 6.63. The molecule has 4 rings (SSSR count). The van der Waals surface area contributed by atoms with Gasteiger partial charge in [-0.05, 0) is 144 Å². The minimum atomic E-state index is 0.205. The van der Waals surface area contributed by atoms with Gasteiger partial charge in [-0.1, -0.05) is 66.7 Å². The molecule has 0 radical (unpaired) electrons. The summed E-state index contributed by atoms with van der Waals surface area (Å²) in [5.74, 6) is 5.42. The highest BCUT2D eigenvalue weighted by atomic mass is 14.6. The number of rotatable bonds is 12. The van der Waals surface area contributed by atoms with Gasteiger partial charge in [-0.3, -0.25) is 0 Å². The van der Waals surface area contributed by atoms with Crippen molar-refractivity contribution in [1.82, 2.24) is 0 Å². The molecule has 7 unspecified atom stereocenters. The Hall–Kier alpha value is -1.84. The molecule has 8 atom stereocenters. The second-order valence-electron chi connectivity index (χ2n) is 12.8. The second-order valence-corrected chi connectivity index (χ2v) is 12.8. The van der Waals surface area contributed by atoms with Crippen molar-refractivity contribution in [3.05, 3.63) is 72.0 Å². The van der Waals surface area contributed by atoms with Gasteiger partial charge < -0.3 is 17.2 Å². The summed E-state index contributed by atoms with van der Waals surface area (Å²) in [4.78, 5) is 0. The van der Waals surface area contributed by atoms with E-state index in [1.54, 1.807) is 6.20 Å². The summed E-state index contributed by atoms with van der Waals surface area (Å²) in [5, 5.41) is 0. The lowest BCUT2D eigenvalue weighted by atomic mass is 9.55. The third-order valence-corrected chi connectivity index (χ3v) is 10.5. The molecule has 0 spiro atoms. The van der Waals surface area contributed by atoms with Crippen LogP contribution in [0.1, 0.15) is 96.8 Å². The van der Waals surface area contributed by atoms with E-state index < -0.39 is 0 Å². The van der Waals surface area contributed by atoms with Gasteiger partial charge in [0.2, 0.25) is 0 Å². The smallest absolute Gasteiger partial charge is 0.0288 e. The van der Waals surface area contributed by atoms with Gasteiger partial charge in [0.05, 0.1) is 0 Å². The summed E-state index contributed by atoms with van der Waals surface area (Å²) in [6.07, 6.45) is 41.0. The van der Waals surface area contributed by atoms with Gasteiger partial charge in [0.15, 0.2) is 0 Å². The zero-order valence-electron chi connectivity index (χ0n) is 24.7. The monoisotopic (exact) mass is 531 g/mol. The third kappa shape index (κ3) is 8.10. The Morgan fingerprint density at radius 3 is 2.54 bits per heavy atom. The van der Waals surface area contributed by atoms with Crippen LogP contribution in [0, 0.1) is 41.4 Å². The topological polar surface area (TPSA) is 78.1 Å². The summed E-state index contributed by atoms with van der Waals surface area (Å²) in [7, 11) is 0. The average molecular weight is 532 g/mol. The highest BCUT2D eigenvalue weighted by molar-refractivity contribution is 5.26. The first-order chi connectivity index (χ1) is 19.2. The van der Waals surface area contributed by atoms with Gasteiger partial charge in [0.1, 0.15) is 0 Å². The summed E-state index contributed by atoms with van der Waals surface area (Å²) in [6, 6.07) is 0.205. The van der Waals surface area contributed by atoms with Crippen LogP contribution in [0.25, 0.3) is 0 Å². The molecule has 0 aromatic rings. The average Bonchev–Trinajstić information content (AvgIpc) is 2.99. The molecule has 0 aromatic heterocycles. The van der Waals surface area contributed by atoms with Gasteiger partial charge in [-0.15, -0.1) is 0 Å². The molecule has 0 aliphatic heterocycles. The fourth-order valence-electron chi connectivity index (χ4n) is 8.38. The Morgan fingerprint density at radius 2 is 1.82 bits per heavy atom. The number of unbranched alkanes of at least 4 members (excludes halogenated alkanes) is 3. The van der Waals surface area contributed by atoms with Crippen molar-refractivity contribution in [1.29, 1.82) is 0 Å². The molecule has 6 N–H and O–H groups in total. The van der Waals surface area contributed by atoms with Gasteiger partial charge >= 0.3 is 0 Å². The molecule has 1 fully saturated rings. The van der Waals surface area contributed by atoms with Crippen LogP contribution >= 0.6 is 0 Å². The van der Waals surface area contributed by atoms with E-state index in [0.717, 1.165) is 61.3 Å². The number of nitrogens with two attached hydrogens (primary N) is 3. The van der Waals surface area contributed by atoms with Crippen molar-refractivity contribution < 1.29 is 0 Å². The van der Waals surface area contributed by atoms with E-state index in [2.05, 4.69) is 61.6 Å². The predicted octanol–water partition coefficient (Wildman–Crippen LogP) is 8.12. The minimum Gasteiger partial charge on any atom is -0.404 e. The molecule has 0 saturated heterocycles. The van der Waals surface area contributed by atoms with Crippen molar-refractivity contribution in [2.24, 2.45) is 58.6 Å². The second kappa shape index (κ2) is 15.8. The molecular formula is C36H57N3. The molecule has 0 heterocycles. The minimum absolute atomic E-state index is 0.205. The molecular weight excluding hydrogens is 474 g/mol. The van der Waals surface area contributed by atoms with Crippen LogP contribution in [0.2, 0.25) is 0 Å². The molecule has 39 heavy (non-hydrogen) atoms. The SMILES string of the molecule is C/C=C\C(=C/N)C1C=CC(C2CCC(C3CC=C([C@@H](N)C/C=C/CCCCCN)CC3)C3CCC=CC23)CC1. The molecule has 3 heteroatoms. The van der Waals surface area contributed by atoms with E-state index in [9.17, 15) is 0 Å². The largest absolute Gasteiger partial charge is 0.404 e. The van der Waals surface area contributed by atoms with Crippen molar-refractivity contribution in [3.63, 3.8) is 0 Å². The summed E-state index contributed by atoms with van der Waals surface area (Å²) in [6.45, 7) is 2.89. The van der Waals surface area contributed by atoms with Crippen LogP contribution in [0.15, 0.2) is 72.0 Å². The third-order valence-electron chi connectivity index (χ3n) is 10.5. The highest BCUT2D eigenvalue weighted by Crippen LogP contribution is 2.53. The van der Waals surface area contributed by atoms with Gasteiger partial charge in [-0.2, -0.15) is 0 Å². The molecule has 4 aliphatic rings. The van der Waals surface area contributed by atoms with E-state index in [-0.39, 0.29) is 6.04 Å². The van der Waals surface area contributed by atoms with Crippen LogP contribution in [0.5, 0.6) is 0 Å². The maximum Gasteiger partial charge on any atom is 0.0288 e. The Morgan fingerprint density at radius 1 is 0.949 bits per heavy atom. The van der Waals surface area contributed by atoms with E-state index in [1.165, 1.54) is 81.8 Å².